The predicted octanol–water partition coefficient (Wildman–Crippen LogP) is 2.45. The van der Waals surface area contributed by atoms with E-state index in [1.807, 2.05) is 48.7 Å². The molecule has 0 aromatic heterocycles. The Labute approximate surface area is 134 Å². The zero-order valence-corrected chi connectivity index (χ0v) is 13.7. The van der Waals surface area contributed by atoms with Gasteiger partial charge >= 0.3 is 0 Å². The van der Waals surface area contributed by atoms with Crippen molar-refractivity contribution in [2.45, 2.75) is 12.5 Å². The van der Waals surface area contributed by atoms with Gasteiger partial charge in [-0.15, -0.1) is 0 Å². The minimum absolute atomic E-state index is 0.0618. The second-order valence-electron chi connectivity index (χ2n) is 5.50. The van der Waals surface area contributed by atoms with E-state index in [-0.39, 0.29) is 19.1 Å². The molecule has 2 rings (SSSR count). The van der Waals surface area contributed by atoms with Gasteiger partial charge in [0.2, 0.25) is 0 Å². The van der Waals surface area contributed by atoms with Crippen molar-refractivity contribution in [1.29, 1.82) is 0 Å². The maximum Gasteiger partial charge on any atom is 0.258 e. The highest BCUT2D eigenvalue weighted by atomic mass is 32.2. The van der Waals surface area contributed by atoms with Crippen LogP contribution in [0.3, 0.4) is 0 Å². The van der Waals surface area contributed by atoms with E-state index in [9.17, 15) is 9.90 Å². The highest BCUT2D eigenvalue weighted by Gasteiger charge is 2.20. The normalized spacial score (nSPS) is 13.6. The Morgan fingerprint density at radius 1 is 1.27 bits per heavy atom. The molecule has 0 aliphatic carbocycles. The van der Waals surface area contributed by atoms with Gasteiger partial charge in [0.25, 0.3) is 5.91 Å². The maximum absolute atomic E-state index is 11.8. The molecule has 4 nitrogen and oxygen atoms in total. The molecule has 0 saturated heterocycles. The first-order chi connectivity index (χ1) is 10.5. The summed E-state index contributed by atoms with van der Waals surface area (Å²) in [4.78, 5) is 11.8. The lowest BCUT2D eigenvalue weighted by molar-refractivity contribution is -0.124. The van der Waals surface area contributed by atoms with E-state index in [2.05, 4.69) is 5.32 Å². The molecule has 22 heavy (non-hydrogen) atoms. The van der Waals surface area contributed by atoms with Crippen molar-refractivity contribution in [2.75, 3.05) is 25.2 Å². The van der Waals surface area contributed by atoms with Crippen LogP contribution in [0.25, 0.3) is 10.8 Å². The summed E-state index contributed by atoms with van der Waals surface area (Å²) in [5.41, 5.74) is -0.905. The first kappa shape index (κ1) is 16.6. The maximum atomic E-state index is 11.8. The number of benzene rings is 2. The van der Waals surface area contributed by atoms with E-state index < -0.39 is 5.60 Å². The zero-order chi connectivity index (χ0) is 16.0. The molecular weight excluding hydrogens is 298 g/mol. The van der Waals surface area contributed by atoms with E-state index in [0.29, 0.717) is 11.5 Å². The largest absolute Gasteiger partial charge is 0.484 e. The molecule has 1 atom stereocenters. The van der Waals surface area contributed by atoms with Gasteiger partial charge in [-0.3, -0.25) is 4.79 Å². The summed E-state index contributed by atoms with van der Waals surface area (Å²) in [6.45, 7) is 1.86. The van der Waals surface area contributed by atoms with Crippen molar-refractivity contribution < 1.29 is 14.6 Å². The van der Waals surface area contributed by atoms with Gasteiger partial charge in [-0.25, -0.2) is 0 Å². The minimum Gasteiger partial charge on any atom is -0.484 e. The number of ether oxygens (including phenoxy) is 1. The minimum atomic E-state index is -0.905. The highest BCUT2D eigenvalue weighted by molar-refractivity contribution is 7.98. The predicted molar refractivity (Wildman–Crippen MR) is 91.5 cm³/mol. The second-order valence-corrected chi connectivity index (χ2v) is 6.37. The van der Waals surface area contributed by atoms with E-state index >= 15 is 0 Å². The Morgan fingerprint density at radius 2 is 2.00 bits per heavy atom. The topological polar surface area (TPSA) is 58.6 Å². The molecule has 1 amide bonds. The van der Waals surface area contributed by atoms with Crippen LogP contribution in [0, 0.1) is 0 Å². The Hall–Kier alpha value is -1.72. The van der Waals surface area contributed by atoms with Crippen LogP contribution in [0.5, 0.6) is 5.75 Å². The summed E-state index contributed by atoms with van der Waals surface area (Å²) in [6.07, 6.45) is 1.92. The Bertz CT molecular complexity index is 643. The monoisotopic (exact) mass is 319 g/mol. The molecule has 2 aromatic rings. The van der Waals surface area contributed by atoms with Crippen LogP contribution in [-0.2, 0) is 4.79 Å². The van der Waals surface area contributed by atoms with Gasteiger partial charge in [-0.05, 0) is 36.1 Å². The number of hydrogen-bond acceptors (Lipinski definition) is 4. The number of nitrogens with one attached hydrogen (secondary N) is 1. The highest BCUT2D eigenvalue weighted by Crippen LogP contribution is 2.20. The third kappa shape index (κ3) is 4.93. The molecule has 1 unspecified atom stereocenters. The van der Waals surface area contributed by atoms with Crippen LogP contribution in [0.4, 0.5) is 0 Å². The van der Waals surface area contributed by atoms with Crippen molar-refractivity contribution in [1.82, 2.24) is 5.32 Å². The summed E-state index contributed by atoms with van der Waals surface area (Å²) in [6, 6.07) is 13.7. The van der Waals surface area contributed by atoms with Crippen LogP contribution < -0.4 is 10.1 Å². The lowest BCUT2D eigenvalue weighted by Crippen LogP contribution is -2.43. The quantitative estimate of drug-likeness (QED) is 0.823. The number of rotatable bonds is 7. The number of amides is 1. The van der Waals surface area contributed by atoms with Gasteiger partial charge in [0.15, 0.2) is 6.61 Å². The zero-order valence-electron chi connectivity index (χ0n) is 12.8. The lowest BCUT2D eigenvalue weighted by Gasteiger charge is -2.22. The molecule has 0 aliphatic heterocycles. The first-order valence-corrected chi connectivity index (χ1v) is 8.49. The average molecular weight is 319 g/mol. The lowest BCUT2D eigenvalue weighted by atomic mass is 10.1. The van der Waals surface area contributed by atoms with Gasteiger partial charge in [-0.1, -0.05) is 30.3 Å². The Kier molecular flexibility index (Phi) is 5.69. The number of fused-ring (bicyclic) bond motifs is 1. The molecule has 0 bridgehead atoms. The fraction of sp³-hybridized carbons (Fsp3) is 0.353. The van der Waals surface area contributed by atoms with Gasteiger partial charge < -0.3 is 15.2 Å². The van der Waals surface area contributed by atoms with Crippen LogP contribution in [-0.4, -0.2) is 41.8 Å². The van der Waals surface area contributed by atoms with Crippen LogP contribution in [0.15, 0.2) is 42.5 Å². The molecule has 0 spiro atoms. The smallest absolute Gasteiger partial charge is 0.258 e. The van der Waals surface area contributed by atoms with Crippen molar-refractivity contribution in [2.24, 2.45) is 0 Å². The third-order valence-corrected chi connectivity index (χ3v) is 4.12. The molecule has 5 heteroatoms. The fourth-order valence-corrected chi connectivity index (χ4v) is 2.83. The summed E-state index contributed by atoms with van der Waals surface area (Å²) in [5.74, 6) is 0.984. The standard InChI is InChI=1S/C17H21NO3S/c1-17(20,12-22-2)11-18-16(19)10-21-15-8-7-13-5-3-4-6-14(13)9-15/h3-9,20H,10-12H2,1-2H3,(H,18,19). The van der Waals surface area contributed by atoms with E-state index in [4.69, 9.17) is 4.74 Å². The number of hydrogen-bond donors (Lipinski definition) is 2. The molecule has 0 radical (unpaired) electrons. The van der Waals surface area contributed by atoms with Crippen LogP contribution in [0.1, 0.15) is 6.92 Å². The average Bonchev–Trinajstić information content (AvgIpc) is 2.51. The molecule has 2 aromatic carbocycles. The van der Waals surface area contributed by atoms with Gasteiger partial charge in [-0.2, -0.15) is 11.8 Å². The summed E-state index contributed by atoms with van der Waals surface area (Å²) < 4.78 is 5.50. The fourth-order valence-electron chi connectivity index (χ4n) is 2.11. The molecule has 118 valence electrons. The molecule has 2 N–H and O–H groups in total. The number of thioether (sulfide) groups is 1. The summed E-state index contributed by atoms with van der Waals surface area (Å²) in [7, 11) is 0. The molecule has 0 saturated carbocycles. The number of carbonyl (C=O) groups is 1. The molecule has 0 heterocycles. The first-order valence-electron chi connectivity index (χ1n) is 7.10. The van der Waals surface area contributed by atoms with E-state index in [0.717, 1.165) is 10.8 Å². The Balaban J connectivity index is 1.85. The van der Waals surface area contributed by atoms with Crippen molar-refractivity contribution in [3.05, 3.63) is 42.5 Å². The van der Waals surface area contributed by atoms with Crippen LogP contribution >= 0.6 is 11.8 Å². The summed E-state index contributed by atoms with van der Waals surface area (Å²) in [5, 5.41) is 14.9. The van der Waals surface area contributed by atoms with Crippen LogP contribution in [0.2, 0.25) is 0 Å². The van der Waals surface area contributed by atoms with Crippen molar-refractivity contribution in [3.63, 3.8) is 0 Å². The van der Waals surface area contributed by atoms with Gasteiger partial charge in [0, 0.05) is 12.3 Å². The van der Waals surface area contributed by atoms with E-state index in [1.165, 1.54) is 11.8 Å². The SMILES string of the molecule is CSCC(C)(O)CNC(=O)COc1ccc2ccccc2c1. The molecule has 0 fully saturated rings. The summed E-state index contributed by atoms with van der Waals surface area (Å²) >= 11 is 1.54. The van der Waals surface area contributed by atoms with E-state index in [1.54, 1.807) is 6.92 Å². The van der Waals surface area contributed by atoms with Gasteiger partial charge in [0.1, 0.15) is 5.75 Å². The molecule has 0 aliphatic rings. The Morgan fingerprint density at radius 3 is 2.73 bits per heavy atom. The number of carbonyl (C=O) groups excluding carboxylic acids is 1. The van der Waals surface area contributed by atoms with Crippen molar-refractivity contribution >= 4 is 28.4 Å². The molecular formula is C17H21NO3S. The van der Waals surface area contributed by atoms with Crippen molar-refractivity contribution in [3.8, 4) is 5.75 Å². The third-order valence-electron chi connectivity index (χ3n) is 3.21. The van der Waals surface area contributed by atoms with Gasteiger partial charge in [0.05, 0.1) is 5.60 Å². The number of aliphatic hydroxyl groups is 1. The second kappa shape index (κ2) is 7.51.